The Kier molecular flexibility index (Phi) is 12.6. The van der Waals surface area contributed by atoms with Crippen LogP contribution in [-0.4, -0.2) is 32.1 Å². The van der Waals surface area contributed by atoms with Gasteiger partial charge in [-0.05, 0) is 44.4 Å². The summed E-state index contributed by atoms with van der Waals surface area (Å²) in [5.74, 6) is 1.68. The molecule has 0 aromatic heterocycles. The second-order valence-electron chi connectivity index (χ2n) is 6.93. The van der Waals surface area contributed by atoms with Crippen molar-refractivity contribution in [3.05, 3.63) is 62.6 Å². The second-order valence-corrected chi connectivity index (χ2v) is 8.75. The van der Waals surface area contributed by atoms with E-state index in [-0.39, 0.29) is 11.1 Å². The minimum Gasteiger partial charge on any atom is -0.493 e. The van der Waals surface area contributed by atoms with Gasteiger partial charge in [0.15, 0.2) is 5.75 Å². The van der Waals surface area contributed by atoms with Crippen LogP contribution in [0, 0.1) is 0 Å². The molecule has 33 heavy (non-hydrogen) atoms. The van der Waals surface area contributed by atoms with Crippen molar-refractivity contribution in [1.82, 2.24) is 0 Å². The van der Waals surface area contributed by atoms with Crippen molar-refractivity contribution in [2.75, 3.05) is 26.4 Å². The molecule has 0 radical (unpaired) electrons. The molecule has 0 fully saturated rings. The summed E-state index contributed by atoms with van der Waals surface area (Å²) in [4.78, 5) is 5.28. The Morgan fingerprint density at radius 2 is 1.61 bits per heavy atom. The molecule has 2 rings (SSSR count). The Morgan fingerprint density at radius 1 is 0.939 bits per heavy atom. The number of oxime groups is 1. The summed E-state index contributed by atoms with van der Waals surface area (Å²) in [6.07, 6.45) is 3.98. The number of unbranched alkanes of at least 4 members (excludes halogenated alkanes) is 1. The zero-order valence-electron chi connectivity index (χ0n) is 18.6. The van der Waals surface area contributed by atoms with Crippen LogP contribution in [0.5, 0.6) is 17.2 Å². The molecule has 0 aliphatic rings. The highest BCUT2D eigenvalue weighted by Crippen LogP contribution is 2.37. The zero-order valence-corrected chi connectivity index (χ0v) is 21.6. The third-order valence-corrected chi connectivity index (χ3v) is 5.15. The molecule has 0 spiro atoms. The third-order valence-electron chi connectivity index (χ3n) is 4.28. The van der Waals surface area contributed by atoms with E-state index in [0.717, 1.165) is 36.3 Å². The van der Waals surface area contributed by atoms with Gasteiger partial charge in [0.25, 0.3) is 0 Å². The van der Waals surface area contributed by atoms with Crippen LogP contribution in [0.1, 0.15) is 38.7 Å². The Labute approximate surface area is 215 Å². The standard InChI is InChI=1S/C24H27Cl4NO4/c1-3-11-33-29-17(2)19-8-4-5-9-22(19)31-12-6-7-13-32-24-20(25)15-18(16-21(24)26)30-14-10-23(27)28/h4-5,8-10,15-16H,3,6-7,11-14H2,1-2H3/b29-17+. The smallest absolute Gasteiger partial charge is 0.156 e. The van der Waals surface area contributed by atoms with Crippen molar-refractivity contribution >= 4 is 52.1 Å². The van der Waals surface area contributed by atoms with Crippen LogP contribution in [0.4, 0.5) is 0 Å². The highest BCUT2D eigenvalue weighted by atomic mass is 35.5. The lowest BCUT2D eigenvalue weighted by atomic mass is 10.1. The van der Waals surface area contributed by atoms with Crippen molar-refractivity contribution in [2.45, 2.75) is 33.1 Å². The number of hydrogen-bond donors (Lipinski definition) is 0. The van der Waals surface area contributed by atoms with E-state index < -0.39 is 0 Å². The van der Waals surface area contributed by atoms with Gasteiger partial charge < -0.3 is 19.0 Å². The van der Waals surface area contributed by atoms with Crippen molar-refractivity contribution in [2.24, 2.45) is 5.16 Å². The maximum Gasteiger partial charge on any atom is 0.156 e. The van der Waals surface area contributed by atoms with Gasteiger partial charge in [0.1, 0.15) is 29.2 Å². The fourth-order valence-electron chi connectivity index (χ4n) is 2.69. The fourth-order valence-corrected chi connectivity index (χ4v) is 3.40. The molecule has 0 aliphatic carbocycles. The highest BCUT2D eigenvalue weighted by molar-refractivity contribution is 6.55. The molecule has 2 aromatic carbocycles. The van der Waals surface area contributed by atoms with Crippen molar-refractivity contribution in [3.63, 3.8) is 0 Å². The number of para-hydroxylation sites is 1. The van der Waals surface area contributed by atoms with Gasteiger partial charge in [0.05, 0.1) is 29.0 Å². The van der Waals surface area contributed by atoms with Gasteiger partial charge in [0, 0.05) is 17.7 Å². The van der Waals surface area contributed by atoms with Crippen LogP contribution in [0.3, 0.4) is 0 Å². The topological polar surface area (TPSA) is 49.3 Å². The van der Waals surface area contributed by atoms with E-state index in [1.165, 1.54) is 6.08 Å². The van der Waals surface area contributed by atoms with E-state index in [0.29, 0.717) is 41.4 Å². The molecule has 0 saturated carbocycles. The van der Waals surface area contributed by atoms with E-state index in [1.54, 1.807) is 12.1 Å². The predicted octanol–water partition coefficient (Wildman–Crippen LogP) is 8.08. The first-order valence-electron chi connectivity index (χ1n) is 10.6. The normalized spacial score (nSPS) is 11.2. The molecule has 0 N–H and O–H groups in total. The van der Waals surface area contributed by atoms with Crippen LogP contribution < -0.4 is 14.2 Å². The maximum absolute atomic E-state index is 6.29. The van der Waals surface area contributed by atoms with Gasteiger partial charge in [-0.15, -0.1) is 0 Å². The Balaban J connectivity index is 1.79. The number of benzene rings is 2. The fraction of sp³-hybridized carbons (Fsp3) is 0.375. The van der Waals surface area contributed by atoms with Crippen molar-refractivity contribution in [3.8, 4) is 17.2 Å². The molecule has 0 bridgehead atoms. The monoisotopic (exact) mass is 533 g/mol. The molecule has 0 unspecified atom stereocenters. The molecular formula is C24H27Cl4NO4. The second kappa shape index (κ2) is 15.2. The van der Waals surface area contributed by atoms with Crippen molar-refractivity contribution in [1.29, 1.82) is 0 Å². The summed E-state index contributed by atoms with van der Waals surface area (Å²) in [6, 6.07) is 11.0. The largest absolute Gasteiger partial charge is 0.493 e. The van der Waals surface area contributed by atoms with E-state index in [4.69, 9.17) is 65.5 Å². The van der Waals surface area contributed by atoms with Gasteiger partial charge in [-0.1, -0.05) is 70.6 Å². The molecule has 0 aliphatic heterocycles. The van der Waals surface area contributed by atoms with Gasteiger partial charge in [-0.25, -0.2) is 0 Å². The Morgan fingerprint density at radius 3 is 2.27 bits per heavy atom. The summed E-state index contributed by atoms with van der Waals surface area (Å²) in [5.41, 5.74) is 1.69. The summed E-state index contributed by atoms with van der Waals surface area (Å²) in [6.45, 7) is 5.71. The molecule has 5 nitrogen and oxygen atoms in total. The third kappa shape index (κ3) is 9.93. The van der Waals surface area contributed by atoms with Crippen LogP contribution in [-0.2, 0) is 4.84 Å². The van der Waals surface area contributed by atoms with Gasteiger partial charge in [-0.2, -0.15) is 0 Å². The van der Waals surface area contributed by atoms with E-state index in [2.05, 4.69) is 5.16 Å². The lowest BCUT2D eigenvalue weighted by Gasteiger charge is -2.13. The summed E-state index contributed by atoms with van der Waals surface area (Å²) in [7, 11) is 0. The summed E-state index contributed by atoms with van der Waals surface area (Å²) < 4.78 is 17.3. The predicted molar refractivity (Wildman–Crippen MR) is 137 cm³/mol. The molecule has 9 heteroatoms. The number of hydrogen-bond acceptors (Lipinski definition) is 5. The first-order valence-corrected chi connectivity index (χ1v) is 12.1. The molecule has 0 heterocycles. The maximum atomic E-state index is 6.29. The van der Waals surface area contributed by atoms with E-state index in [1.807, 2.05) is 38.1 Å². The van der Waals surface area contributed by atoms with E-state index >= 15 is 0 Å². The van der Waals surface area contributed by atoms with E-state index in [9.17, 15) is 0 Å². The Bertz CT molecular complexity index is 923. The molecular weight excluding hydrogens is 508 g/mol. The van der Waals surface area contributed by atoms with Gasteiger partial charge in [-0.3, -0.25) is 0 Å². The van der Waals surface area contributed by atoms with Gasteiger partial charge >= 0.3 is 0 Å². The first-order chi connectivity index (χ1) is 15.9. The quantitative estimate of drug-likeness (QED) is 0.139. The SMILES string of the molecule is CCCO/N=C(\C)c1ccccc1OCCCCOc1c(Cl)cc(OCC=C(Cl)Cl)cc1Cl. The van der Waals surface area contributed by atoms with Gasteiger partial charge in [0.2, 0.25) is 0 Å². The number of nitrogens with zero attached hydrogens (tertiary/aromatic N) is 1. The summed E-state index contributed by atoms with van der Waals surface area (Å²) in [5, 5.41) is 4.88. The number of rotatable bonds is 14. The minimum atomic E-state index is 0.129. The van der Waals surface area contributed by atoms with Crippen LogP contribution in [0.15, 0.2) is 52.1 Å². The lowest BCUT2D eigenvalue weighted by Crippen LogP contribution is -2.06. The molecule has 0 atom stereocenters. The molecule has 180 valence electrons. The molecule has 0 amide bonds. The molecule has 2 aromatic rings. The average molecular weight is 535 g/mol. The lowest BCUT2D eigenvalue weighted by molar-refractivity contribution is 0.145. The first kappa shape index (κ1) is 27.5. The highest BCUT2D eigenvalue weighted by Gasteiger charge is 2.11. The van der Waals surface area contributed by atoms with Crippen LogP contribution in [0.2, 0.25) is 10.0 Å². The number of halogens is 4. The van der Waals surface area contributed by atoms with Crippen molar-refractivity contribution < 1.29 is 19.0 Å². The number of ether oxygens (including phenoxy) is 3. The van der Waals surface area contributed by atoms with Crippen LogP contribution in [0.25, 0.3) is 0 Å². The molecule has 0 saturated heterocycles. The van der Waals surface area contributed by atoms with Crippen LogP contribution >= 0.6 is 46.4 Å². The Hall–Kier alpha value is -1.79. The average Bonchev–Trinajstić information content (AvgIpc) is 2.77. The minimum absolute atomic E-state index is 0.129. The zero-order chi connectivity index (χ0) is 24.1. The summed E-state index contributed by atoms with van der Waals surface area (Å²) >= 11 is 23.7.